The molecule has 1 amide bonds. The Balaban J connectivity index is 1.36. The van der Waals surface area contributed by atoms with Gasteiger partial charge >= 0.3 is 0 Å². The van der Waals surface area contributed by atoms with Gasteiger partial charge in [-0.25, -0.2) is 4.98 Å². The average Bonchev–Trinajstić information content (AvgIpc) is 3.16. The van der Waals surface area contributed by atoms with E-state index in [2.05, 4.69) is 15.2 Å². The molecular weight excluding hydrogens is 378 g/mol. The lowest BCUT2D eigenvalue weighted by Gasteiger charge is -2.34. The van der Waals surface area contributed by atoms with Crippen LogP contribution in [-0.2, 0) is 10.3 Å². The molecule has 148 valence electrons. The molecule has 1 saturated heterocycles. The van der Waals surface area contributed by atoms with Crippen molar-refractivity contribution in [3.63, 3.8) is 0 Å². The number of nitrogens with zero attached hydrogens (tertiary/aromatic N) is 2. The average molecular weight is 402 g/mol. The monoisotopic (exact) mass is 401 g/mol. The molecule has 0 spiro atoms. The van der Waals surface area contributed by atoms with E-state index < -0.39 is 5.54 Å². The number of ether oxygens (including phenoxy) is 2. The van der Waals surface area contributed by atoms with Crippen molar-refractivity contribution in [1.82, 2.24) is 10.3 Å². The van der Waals surface area contributed by atoms with Crippen molar-refractivity contribution in [2.75, 3.05) is 24.8 Å². The number of benzene rings is 1. The van der Waals surface area contributed by atoms with E-state index in [-0.39, 0.29) is 18.6 Å². The van der Waals surface area contributed by atoms with Crippen LogP contribution in [0, 0.1) is 5.92 Å². The number of pyridine rings is 1. The van der Waals surface area contributed by atoms with Gasteiger partial charge in [-0.15, -0.1) is 0 Å². The van der Waals surface area contributed by atoms with E-state index in [1.165, 1.54) is 0 Å². The summed E-state index contributed by atoms with van der Waals surface area (Å²) in [7, 11) is 0. The third-order valence-corrected chi connectivity index (χ3v) is 5.66. The van der Waals surface area contributed by atoms with Gasteiger partial charge in [-0.3, -0.25) is 4.79 Å². The zero-order valence-corrected chi connectivity index (χ0v) is 16.8. The van der Waals surface area contributed by atoms with Crippen LogP contribution in [0.4, 0.5) is 5.82 Å². The Bertz CT molecular complexity index is 862. The second-order valence-electron chi connectivity index (χ2n) is 7.78. The molecule has 0 saturated carbocycles. The molecule has 1 aromatic heterocycles. The molecule has 28 heavy (non-hydrogen) atoms. The lowest BCUT2D eigenvalue weighted by atomic mass is 9.90. The molecule has 6 nitrogen and oxygen atoms in total. The molecule has 0 radical (unpaired) electrons. The minimum atomic E-state index is -0.493. The number of amides is 1. The Morgan fingerprint density at radius 1 is 1.18 bits per heavy atom. The zero-order chi connectivity index (χ0) is 19.7. The highest BCUT2D eigenvalue weighted by atomic mass is 35.5. The molecule has 1 aromatic carbocycles. The zero-order valence-electron chi connectivity index (χ0n) is 16.1. The topological polar surface area (TPSA) is 63.7 Å². The summed E-state index contributed by atoms with van der Waals surface area (Å²) in [5, 5.41) is 3.84. The number of carbonyl (C=O) groups excluding carboxylic acids is 1. The summed E-state index contributed by atoms with van der Waals surface area (Å²) in [4.78, 5) is 19.5. The Morgan fingerprint density at radius 2 is 1.93 bits per heavy atom. The maximum absolute atomic E-state index is 12.9. The predicted molar refractivity (Wildman–Crippen MR) is 108 cm³/mol. The number of fused-ring (bicyclic) bond motifs is 1. The first-order chi connectivity index (χ1) is 13.4. The van der Waals surface area contributed by atoms with Gasteiger partial charge in [0.05, 0.1) is 10.6 Å². The SMILES string of the molecule is CC(C)(NC(=O)C1CCN(c2ccc(Cl)cn2)CC1)c1ccc2c(c1)OCO2. The summed E-state index contributed by atoms with van der Waals surface area (Å²) in [6.45, 7) is 5.87. The third kappa shape index (κ3) is 3.87. The van der Waals surface area contributed by atoms with Crippen LogP contribution in [0.5, 0.6) is 11.5 Å². The van der Waals surface area contributed by atoms with Crippen LogP contribution in [0.2, 0.25) is 5.02 Å². The highest BCUT2D eigenvalue weighted by molar-refractivity contribution is 6.30. The van der Waals surface area contributed by atoms with E-state index in [1.807, 2.05) is 44.2 Å². The summed E-state index contributed by atoms with van der Waals surface area (Å²) in [6, 6.07) is 9.57. The number of hydrogen-bond acceptors (Lipinski definition) is 5. The van der Waals surface area contributed by atoms with E-state index >= 15 is 0 Å². The Morgan fingerprint density at radius 3 is 2.64 bits per heavy atom. The van der Waals surface area contributed by atoms with E-state index in [4.69, 9.17) is 21.1 Å². The summed E-state index contributed by atoms with van der Waals surface area (Å²) < 4.78 is 10.8. The molecule has 1 N–H and O–H groups in total. The second-order valence-corrected chi connectivity index (χ2v) is 8.21. The standard InChI is InChI=1S/C21H24ClN3O3/c1-21(2,15-3-5-17-18(11-15)28-13-27-17)24-20(26)14-7-9-25(10-8-14)19-6-4-16(22)12-23-19/h3-6,11-12,14H,7-10,13H2,1-2H3,(H,24,26). The fourth-order valence-electron chi connectivity index (χ4n) is 3.69. The third-order valence-electron chi connectivity index (χ3n) is 5.43. The second kappa shape index (κ2) is 7.51. The summed E-state index contributed by atoms with van der Waals surface area (Å²) in [5.41, 5.74) is 0.500. The molecule has 0 bridgehead atoms. The Hall–Kier alpha value is -2.47. The van der Waals surface area contributed by atoms with Crippen LogP contribution in [0.3, 0.4) is 0 Å². The molecule has 0 atom stereocenters. The van der Waals surface area contributed by atoms with Gasteiger partial charge in [-0.1, -0.05) is 17.7 Å². The number of carbonyl (C=O) groups is 1. The number of hydrogen-bond donors (Lipinski definition) is 1. The molecule has 7 heteroatoms. The number of halogens is 1. The van der Waals surface area contributed by atoms with Gasteiger partial charge in [0.25, 0.3) is 0 Å². The smallest absolute Gasteiger partial charge is 0.231 e. The molecule has 2 aromatic rings. The van der Waals surface area contributed by atoms with Crippen LogP contribution in [0.15, 0.2) is 36.5 Å². The number of rotatable bonds is 4. The maximum Gasteiger partial charge on any atom is 0.231 e. The largest absolute Gasteiger partial charge is 0.454 e. The van der Waals surface area contributed by atoms with Crippen molar-refractivity contribution in [1.29, 1.82) is 0 Å². The summed E-state index contributed by atoms with van der Waals surface area (Å²) in [6.07, 6.45) is 3.25. The van der Waals surface area contributed by atoms with Gasteiger partial charge in [0.15, 0.2) is 11.5 Å². The number of nitrogens with one attached hydrogen (secondary N) is 1. The van der Waals surface area contributed by atoms with Crippen LogP contribution in [-0.4, -0.2) is 30.8 Å². The summed E-state index contributed by atoms with van der Waals surface area (Å²) in [5.74, 6) is 2.46. The van der Waals surface area contributed by atoms with Gasteiger partial charge in [-0.2, -0.15) is 0 Å². The van der Waals surface area contributed by atoms with E-state index in [0.29, 0.717) is 5.02 Å². The van der Waals surface area contributed by atoms with Crippen molar-refractivity contribution in [2.45, 2.75) is 32.2 Å². The minimum Gasteiger partial charge on any atom is -0.454 e. The molecule has 2 aliphatic heterocycles. The highest BCUT2D eigenvalue weighted by Crippen LogP contribution is 2.36. The van der Waals surface area contributed by atoms with Gasteiger partial charge in [0, 0.05) is 25.2 Å². The van der Waals surface area contributed by atoms with Crippen molar-refractivity contribution in [3.8, 4) is 11.5 Å². The van der Waals surface area contributed by atoms with Crippen molar-refractivity contribution in [2.24, 2.45) is 5.92 Å². The Labute approximate surface area is 169 Å². The van der Waals surface area contributed by atoms with Gasteiger partial charge in [0.2, 0.25) is 12.7 Å². The first-order valence-electron chi connectivity index (χ1n) is 9.51. The predicted octanol–water partition coefficient (Wildman–Crippen LogP) is 3.73. The molecule has 0 aliphatic carbocycles. The van der Waals surface area contributed by atoms with E-state index in [0.717, 1.165) is 48.8 Å². The highest BCUT2D eigenvalue weighted by Gasteiger charge is 2.31. The normalized spacial score (nSPS) is 16.9. The van der Waals surface area contributed by atoms with Crippen molar-refractivity contribution >= 4 is 23.3 Å². The van der Waals surface area contributed by atoms with E-state index in [9.17, 15) is 4.79 Å². The Kier molecular flexibility index (Phi) is 5.06. The first-order valence-corrected chi connectivity index (χ1v) is 9.89. The molecule has 3 heterocycles. The number of piperidine rings is 1. The lowest BCUT2D eigenvalue weighted by molar-refractivity contribution is -0.127. The first kappa shape index (κ1) is 18.9. The fraction of sp³-hybridized carbons (Fsp3) is 0.429. The van der Waals surface area contributed by atoms with Crippen LogP contribution in [0.1, 0.15) is 32.3 Å². The number of anilines is 1. The molecule has 1 fully saturated rings. The molecule has 4 rings (SSSR count). The van der Waals surface area contributed by atoms with Crippen LogP contribution < -0.4 is 19.7 Å². The van der Waals surface area contributed by atoms with Crippen LogP contribution in [0.25, 0.3) is 0 Å². The minimum absolute atomic E-state index is 0.00293. The van der Waals surface area contributed by atoms with Crippen molar-refractivity contribution in [3.05, 3.63) is 47.1 Å². The van der Waals surface area contributed by atoms with Gasteiger partial charge < -0.3 is 19.7 Å². The van der Waals surface area contributed by atoms with Crippen LogP contribution >= 0.6 is 11.6 Å². The molecular formula is C21H24ClN3O3. The van der Waals surface area contributed by atoms with Gasteiger partial charge in [0.1, 0.15) is 5.82 Å². The quantitative estimate of drug-likeness (QED) is 0.845. The fourth-order valence-corrected chi connectivity index (χ4v) is 3.81. The molecule has 2 aliphatic rings. The van der Waals surface area contributed by atoms with Crippen molar-refractivity contribution < 1.29 is 14.3 Å². The maximum atomic E-state index is 12.9. The lowest BCUT2D eigenvalue weighted by Crippen LogP contribution is -2.47. The summed E-state index contributed by atoms with van der Waals surface area (Å²) >= 11 is 5.91. The van der Waals surface area contributed by atoms with Gasteiger partial charge in [-0.05, 0) is 56.5 Å². The number of aromatic nitrogens is 1. The molecule has 0 unspecified atom stereocenters. The van der Waals surface area contributed by atoms with E-state index in [1.54, 1.807) is 6.20 Å².